The largest absolute Gasteiger partial charge is 0.333 e. The lowest BCUT2D eigenvalue weighted by molar-refractivity contribution is -0.742. The maximum atomic E-state index is 11.8. The van der Waals surface area contributed by atoms with Crippen molar-refractivity contribution in [1.29, 1.82) is 0 Å². The first kappa shape index (κ1) is 14.7. The molecule has 0 unspecified atom stereocenters. The summed E-state index contributed by atoms with van der Waals surface area (Å²) in [5.74, 6) is 0. The molecule has 2 aromatic rings. The zero-order valence-electron chi connectivity index (χ0n) is 9.98. The van der Waals surface area contributed by atoms with Crippen LogP contribution >= 0.6 is 11.6 Å². The Morgan fingerprint density at radius 3 is 2.47 bits per heavy atom. The standard InChI is InChI=1S/C8H9ClN4O2.HNO3/c1-11-4-10-6-5(11)7(14)13(3-9)8(15)12(6)2;2-1(3)4/h4H,3H2,1-2H3;(H,2,3,4). The Kier molecular flexibility index (Phi) is 4.27. The molecule has 0 saturated heterocycles. The summed E-state index contributed by atoms with van der Waals surface area (Å²) in [6.45, 7) is 0. The van der Waals surface area contributed by atoms with E-state index in [1.807, 2.05) is 0 Å². The zero-order chi connectivity index (χ0) is 14.7. The highest BCUT2D eigenvalue weighted by molar-refractivity contribution is 6.15. The molecule has 10 nitrogen and oxygen atoms in total. The minimum Gasteiger partial charge on any atom is -0.328 e. The van der Waals surface area contributed by atoms with Gasteiger partial charge in [0.1, 0.15) is 6.00 Å². The highest BCUT2D eigenvalue weighted by atomic mass is 35.5. The van der Waals surface area contributed by atoms with Crippen molar-refractivity contribution >= 4 is 22.8 Å². The van der Waals surface area contributed by atoms with Crippen LogP contribution in [0.3, 0.4) is 0 Å². The highest BCUT2D eigenvalue weighted by Gasteiger charge is 2.13. The van der Waals surface area contributed by atoms with Crippen LogP contribution in [0, 0.1) is 10.1 Å². The smallest absolute Gasteiger partial charge is 0.328 e. The van der Waals surface area contributed by atoms with Crippen molar-refractivity contribution in [2.45, 2.75) is 6.00 Å². The Morgan fingerprint density at radius 1 is 1.47 bits per heavy atom. The molecule has 0 saturated carbocycles. The van der Waals surface area contributed by atoms with E-state index < -0.39 is 16.3 Å². The Balaban J connectivity index is 0.000000399. The second-order valence-electron chi connectivity index (χ2n) is 3.46. The third kappa shape index (κ3) is 2.73. The fourth-order valence-corrected chi connectivity index (χ4v) is 1.71. The van der Waals surface area contributed by atoms with E-state index >= 15 is 0 Å². The Bertz CT molecular complexity index is 725. The summed E-state index contributed by atoms with van der Waals surface area (Å²) in [6.07, 6.45) is 1.49. The lowest BCUT2D eigenvalue weighted by Gasteiger charge is -2.04. The molecule has 0 aromatic carbocycles. The van der Waals surface area contributed by atoms with Gasteiger partial charge in [0.2, 0.25) is 0 Å². The molecule has 104 valence electrons. The normalized spacial score (nSPS) is 10.1. The van der Waals surface area contributed by atoms with Gasteiger partial charge in [-0.15, -0.1) is 21.7 Å². The van der Waals surface area contributed by atoms with E-state index in [0.717, 1.165) is 4.57 Å². The molecule has 0 fully saturated rings. The Morgan fingerprint density at radius 2 is 2.00 bits per heavy atom. The van der Waals surface area contributed by atoms with E-state index in [4.69, 9.17) is 26.9 Å². The summed E-state index contributed by atoms with van der Waals surface area (Å²) < 4.78 is 3.84. The van der Waals surface area contributed by atoms with Crippen molar-refractivity contribution in [1.82, 2.24) is 18.7 Å². The number of hydrogen-bond acceptors (Lipinski definition) is 5. The number of aromatic nitrogens is 4. The molecule has 0 radical (unpaired) electrons. The van der Waals surface area contributed by atoms with Gasteiger partial charge in [-0.05, 0) is 0 Å². The summed E-state index contributed by atoms with van der Waals surface area (Å²) >= 11 is 5.55. The second-order valence-corrected chi connectivity index (χ2v) is 3.70. The molecule has 0 bridgehead atoms. The molecule has 2 aromatic heterocycles. The van der Waals surface area contributed by atoms with Crippen molar-refractivity contribution in [2.24, 2.45) is 14.1 Å². The van der Waals surface area contributed by atoms with Gasteiger partial charge in [-0.3, -0.25) is 9.36 Å². The number of hydrogen-bond donors (Lipinski definition) is 1. The van der Waals surface area contributed by atoms with Crippen LogP contribution in [-0.4, -0.2) is 29.0 Å². The van der Waals surface area contributed by atoms with Gasteiger partial charge >= 0.3 is 5.69 Å². The van der Waals surface area contributed by atoms with Gasteiger partial charge in [-0.2, -0.15) is 0 Å². The van der Waals surface area contributed by atoms with Crippen molar-refractivity contribution < 1.29 is 10.3 Å². The SMILES string of the molecule is Cn1cnc2c1c(=O)n(CCl)c(=O)n2C.O=[N+]([O-])O. The summed E-state index contributed by atoms with van der Waals surface area (Å²) in [6, 6.07) is -0.160. The first-order valence-electron chi connectivity index (χ1n) is 4.81. The number of rotatable bonds is 1. The molecule has 0 aliphatic heterocycles. The zero-order valence-corrected chi connectivity index (χ0v) is 10.7. The lowest BCUT2D eigenvalue weighted by atomic mass is 10.5. The van der Waals surface area contributed by atoms with E-state index in [1.54, 1.807) is 18.7 Å². The minimum absolute atomic E-state index is 0.160. The van der Waals surface area contributed by atoms with Crippen LogP contribution in [0.15, 0.2) is 15.9 Å². The van der Waals surface area contributed by atoms with Crippen LogP contribution < -0.4 is 11.2 Å². The fraction of sp³-hybridized carbons (Fsp3) is 0.375. The van der Waals surface area contributed by atoms with Crippen LogP contribution in [0.1, 0.15) is 0 Å². The van der Waals surface area contributed by atoms with Crippen molar-refractivity contribution in [2.75, 3.05) is 0 Å². The van der Waals surface area contributed by atoms with Crippen LogP contribution in [0.5, 0.6) is 0 Å². The van der Waals surface area contributed by atoms with Crippen molar-refractivity contribution in [3.8, 4) is 0 Å². The number of aryl methyl sites for hydroxylation is 2. The number of halogens is 1. The first-order chi connectivity index (χ1) is 8.81. The maximum Gasteiger partial charge on any atom is 0.333 e. The molecule has 0 aliphatic rings. The van der Waals surface area contributed by atoms with Gasteiger partial charge in [0.25, 0.3) is 10.6 Å². The summed E-state index contributed by atoms with van der Waals surface area (Å²) in [7, 11) is 3.25. The first-order valence-corrected chi connectivity index (χ1v) is 5.34. The maximum absolute atomic E-state index is 11.8. The molecule has 1 N–H and O–H groups in total. The molecule has 19 heavy (non-hydrogen) atoms. The third-order valence-electron chi connectivity index (χ3n) is 2.32. The molecule has 2 heterocycles. The predicted molar refractivity (Wildman–Crippen MR) is 64.8 cm³/mol. The third-order valence-corrected chi connectivity index (χ3v) is 2.56. The molecular formula is C8H10ClN5O5. The van der Waals surface area contributed by atoms with E-state index in [1.165, 1.54) is 10.9 Å². The summed E-state index contributed by atoms with van der Waals surface area (Å²) in [5.41, 5.74) is -0.129. The molecule has 0 spiro atoms. The number of imidazole rings is 1. The van der Waals surface area contributed by atoms with E-state index in [2.05, 4.69) is 4.98 Å². The Hall–Kier alpha value is -2.36. The monoisotopic (exact) mass is 291 g/mol. The average molecular weight is 292 g/mol. The van der Waals surface area contributed by atoms with Gasteiger partial charge in [-0.25, -0.2) is 14.3 Å². The van der Waals surface area contributed by atoms with E-state index in [-0.39, 0.29) is 6.00 Å². The van der Waals surface area contributed by atoms with E-state index in [9.17, 15) is 9.59 Å². The predicted octanol–water partition coefficient (Wildman–Crippen LogP) is -0.718. The van der Waals surface area contributed by atoms with Crippen LogP contribution in [-0.2, 0) is 20.1 Å². The van der Waals surface area contributed by atoms with Gasteiger partial charge in [0, 0.05) is 14.1 Å². The molecule has 0 aliphatic carbocycles. The minimum atomic E-state index is -1.50. The van der Waals surface area contributed by atoms with Gasteiger partial charge < -0.3 is 9.77 Å². The summed E-state index contributed by atoms with van der Waals surface area (Å²) in [5, 5.41) is 13.6. The second kappa shape index (κ2) is 5.52. The van der Waals surface area contributed by atoms with Crippen LogP contribution in [0.25, 0.3) is 11.2 Å². The molecule has 0 amide bonds. The molecule has 11 heteroatoms. The fourth-order valence-electron chi connectivity index (χ4n) is 1.50. The number of fused-ring (bicyclic) bond motifs is 1. The van der Waals surface area contributed by atoms with E-state index in [0.29, 0.717) is 11.2 Å². The average Bonchev–Trinajstić information content (AvgIpc) is 2.69. The lowest BCUT2D eigenvalue weighted by Crippen LogP contribution is -2.38. The number of nitrogens with zero attached hydrogens (tertiary/aromatic N) is 5. The summed E-state index contributed by atoms with van der Waals surface area (Å²) in [4.78, 5) is 35.8. The molecule has 2 rings (SSSR count). The van der Waals surface area contributed by atoms with Crippen LogP contribution in [0.2, 0.25) is 0 Å². The quantitative estimate of drug-likeness (QED) is 0.420. The topological polar surface area (TPSA) is 125 Å². The van der Waals surface area contributed by atoms with Crippen molar-refractivity contribution in [3.63, 3.8) is 0 Å². The van der Waals surface area contributed by atoms with Crippen LogP contribution in [0.4, 0.5) is 0 Å². The van der Waals surface area contributed by atoms with Gasteiger partial charge in [0.05, 0.1) is 6.33 Å². The highest BCUT2D eigenvalue weighted by Crippen LogP contribution is 2.02. The Labute approximate surface area is 110 Å². The van der Waals surface area contributed by atoms with Gasteiger partial charge in [-0.1, -0.05) is 0 Å². The van der Waals surface area contributed by atoms with Gasteiger partial charge in [0.15, 0.2) is 11.2 Å². The number of alkyl halides is 1. The van der Waals surface area contributed by atoms with Crippen molar-refractivity contribution in [3.05, 3.63) is 37.3 Å². The molecule has 0 atom stereocenters. The molecular weight excluding hydrogens is 282 g/mol.